The molecule has 66 heavy (non-hydrogen) atoms. The summed E-state index contributed by atoms with van der Waals surface area (Å²) in [4.78, 5) is 32.6. The summed E-state index contributed by atoms with van der Waals surface area (Å²) in [6.07, 6.45) is 18.4. The molecular weight excluding hydrogens is 968 g/mol. The fourth-order valence-electron chi connectivity index (χ4n) is 6.13. The van der Waals surface area contributed by atoms with Gasteiger partial charge >= 0.3 is 49.5 Å². The molecule has 1 fully saturated rings. The number of aryl methyl sites for hydroxylation is 2. The van der Waals surface area contributed by atoms with E-state index in [9.17, 15) is 19.5 Å². The zero-order chi connectivity index (χ0) is 49.1. The Labute approximate surface area is 441 Å². The Hall–Kier alpha value is -1.92. The molecule has 1 saturated heterocycles. The average molecular weight is 1050 g/mol. The Bertz CT molecular complexity index is 1720. The first-order chi connectivity index (χ1) is 29.9. The molecule has 375 valence electrons. The van der Waals surface area contributed by atoms with Gasteiger partial charge in [0.05, 0.1) is 11.9 Å². The van der Waals surface area contributed by atoms with Gasteiger partial charge in [-0.05, 0) is 61.8 Å². The fourth-order valence-corrected chi connectivity index (χ4v) is 6.13. The van der Waals surface area contributed by atoms with Gasteiger partial charge in [-0.25, -0.2) is 12.6 Å². The predicted octanol–water partition coefficient (Wildman–Crippen LogP) is 14.5. The third-order valence-electron chi connectivity index (χ3n) is 8.83. The fraction of sp³-hybridized carbons (Fsp3) is 0.456. The maximum Gasteiger partial charge on any atom is 3.00 e. The SMILES string of the molecule is CC1=C([C-]=O)c2ccccc2CC1.CC1=CCc2ccccc2[C@@]1(O)[C-]=O.C[C@@]12CCc3ccccc3[C@]1([C-]=O)O2.[CH2-]CC.[CH2-]CC.[CH2-]CC.[CH2-]CC.[CH2-]CC.[CH2-]CC.[CH3][Al]([CH3])[CH3].[Ni+3].[Ni+3].[Ni+3]. The summed E-state index contributed by atoms with van der Waals surface area (Å²) >= 11 is -0.139. The van der Waals surface area contributed by atoms with Crippen molar-refractivity contribution in [3.05, 3.63) is 165 Å². The van der Waals surface area contributed by atoms with Gasteiger partial charge in [-0.1, -0.05) is 139 Å². The van der Waals surface area contributed by atoms with Gasteiger partial charge in [-0.2, -0.15) is 44.1 Å². The summed E-state index contributed by atoms with van der Waals surface area (Å²) in [6.45, 7) is 38.8. The van der Waals surface area contributed by atoms with Gasteiger partial charge in [0.1, 0.15) is 0 Å². The molecule has 1 N–H and O–H groups in total. The summed E-state index contributed by atoms with van der Waals surface area (Å²) in [5, 5.41) is 10.1. The van der Waals surface area contributed by atoms with Crippen molar-refractivity contribution in [3.8, 4) is 0 Å². The topological polar surface area (TPSA) is 84.0 Å². The third-order valence-corrected chi connectivity index (χ3v) is 8.83. The molecule has 3 aromatic rings. The van der Waals surface area contributed by atoms with Crippen LogP contribution in [0.1, 0.15) is 147 Å². The van der Waals surface area contributed by atoms with Gasteiger partial charge in [0.15, 0.2) is 0 Å². The summed E-state index contributed by atoms with van der Waals surface area (Å²) < 4.78 is 5.60. The Balaban J connectivity index is -0.000000165. The van der Waals surface area contributed by atoms with Crippen molar-refractivity contribution in [2.24, 2.45) is 0 Å². The molecule has 4 aliphatic rings. The zero-order valence-corrected chi connectivity index (χ0v) is 46.8. The van der Waals surface area contributed by atoms with Gasteiger partial charge < -0.3 is 65.8 Å². The minimum atomic E-state index is -1.53. The van der Waals surface area contributed by atoms with Crippen molar-refractivity contribution in [1.82, 2.24) is 0 Å². The van der Waals surface area contributed by atoms with Gasteiger partial charge in [0.25, 0.3) is 14.1 Å². The molecule has 9 heteroatoms. The number of fused-ring (bicyclic) bond motifs is 5. The first kappa shape index (κ1) is 75.6. The summed E-state index contributed by atoms with van der Waals surface area (Å²) in [7, 11) is 0. The molecule has 3 aliphatic carbocycles. The third kappa shape index (κ3) is 26.2. The molecule has 0 aromatic heterocycles. The van der Waals surface area contributed by atoms with E-state index in [1.165, 1.54) is 11.1 Å². The number of hydrogen-bond donors (Lipinski definition) is 1. The number of hydrogen-bond acceptors (Lipinski definition) is 5. The van der Waals surface area contributed by atoms with Crippen LogP contribution in [0.5, 0.6) is 0 Å². The van der Waals surface area contributed by atoms with E-state index in [4.69, 9.17) is 4.74 Å². The molecule has 3 radical (unpaired) electrons. The Kier molecular flexibility index (Phi) is 50.7. The van der Waals surface area contributed by atoms with E-state index < -0.39 is 11.2 Å². The van der Waals surface area contributed by atoms with Crippen LogP contribution < -0.4 is 0 Å². The maximum absolute atomic E-state index is 11.0. The Morgan fingerprint density at radius 1 is 0.606 bits per heavy atom. The van der Waals surface area contributed by atoms with Crippen molar-refractivity contribution in [2.45, 2.75) is 167 Å². The molecule has 5 nitrogen and oxygen atoms in total. The first-order valence-electron chi connectivity index (χ1n) is 22.9. The van der Waals surface area contributed by atoms with Crippen LogP contribution in [0, 0.1) is 41.5 Å². The van der Waals surface area contributed by atoms with Crippen LogP contribution in [-0.2, 0) is 99.1 Å². The standard InChI is InChI=1S/2C12H11O2.C12H11O.6C3H7.3CH3.Al.3Ni/c1-11-7-6-9-4-2-3-5-10(9)12(11,8-13)14-11;1-9-6-7-10-4-2-3-5-11(10)12(9,14)8-13;1-9-6-7-10-4-2-3-5-11(10)12(9)8-13;6*1-3-2;;;;;;;/h2-5H,6-7H2,1H3;2-6,14H,7H2,1H3;2-5H,6-7H2,1H3;6*1,3H2,2H3;3*1H3;;;;/q9*-1;;;;;3*+3/t11-,12+;12-;;;;;;;;;;;;;;/m11............../s1. The van der Waals surface area contributed by atoms with E-state index >= 15 is 0 Å². The van der Waals surface area contributed by atoms with Gasteiger partial charge in [0, 0.05) is 11.2 Å². The predicted molar refractivity (Wildman–Crippen MR) is 275 cm³/mol. The second-order valence-electron chi connectivity index (χ2n) is 16.0. The van der Waals surface area contributed by atoms with E-state index in [0.29, 0.717) is 11.1 Å². The molecule has 0 unspecified atom stereocenters. The number of aliphatic hydroxyl groups is 1. The molecule has 1 aliphatic heterocycles. The molecule has 3 aromatic carbocycles. The molecule has 3 atom stereocenters. The van der Waals surface area contributed by atoms with Gasteiger partial charge in [0.2, 0.25) is 0 Å². The molecule has 1 heterocycles. The van der Waals surface area contributed by atoms with Crippen LogP contribution >= 0.6 is 0 Å². The number of epoxide rings is 1. The second-order valence-corrected chi connectivity index (χ2v) is 19.4. The summed E-state index contributed by atoms with van der Waals surface area (Å²) in [6, 6.07) is 23.5. The van der Waals surface area contributed by atoms with Crippen molar-refractivity contribution in [2.75, 3.05) is 0 Å². The van der Waals surface area contributed by atoms with E-state index in [1.807, 2.05) is 122 Å². The van der Waals surface area contributed by atoms with Crippen LogP contribution in [0.15, 0.2) is 90.0 Å². The second kappa shape index (κ2) is 44.3. The van der Waals surface area contributed by atoms with Crippen molar-refractivity contribution >= 4 is 38.6 Å². The minimum absolute atomic E-state index is 0. The number of benzene rings is 3. The first-order valence-corrected chi connectivity index (χ1v) is 26.4. The van der Waals surface area contributed by atoms with Crippen LogP contribution in [0.25, 0.3) is 5.57 Å². The Morgan fingerprint density at radius 2 is 1.00 bits per heavy atom. The number of ether oxygens (including phenoxy) is 1. The molecule has 0 spiro atoms. The normalized spacial score (nSPS) is 18.6. The monoisotopic (exact) mass is 1050 g/mol. The molecule has 7 rings (SSSR count). The van der Waals surface area contributed by atoms with Crippen molar-refractivity contribution < 1.29 is 73.7 Å². The van der Waals surface area contributed by atoms with Crippen molar-refractivity contribution in [1.29, 1.82) is 0 Å². The van der Waals surface area contributed by atoms with E-state index in [-0.39, 0.29) is 69.2 Å². The number of allylic oxidation sites excluding steroid dienone is 3. The maximum atomic E-state index is 11.0. The average Bonchev–Trinajstić information content (AvgIpc) is 3.91. The Morgan fingerprint density at radius 3 is 1.42 bits per heavy atom. The quantitative estimate of drug-likeness (QED) is 0.122. The minimum Gasteiger partial charge on any atom is -0.539 e. The summed E-state index contributed by atoms with van der Waals surface area (Å²) in [5.74, 6) is 6.92. The molecule has 0 saturated carbocycles. The van der Waals surface area contributed by atoms with Crippen LogP contribution in [0.2, 0.25) is 17.4 Å². The van der Waals surface area contributed by atoms with E-state index in [0.717, 1.165) is 98.5 Å². The molecular formula is C57H84AlNi3O5. The molecule has 0 bridgehead atoms. The van der Waals surface area contributed by atoms with Gasteiger partial charge in [-0.3, -0.25) is 0 Å². The summed E-state index contributed by atoms with van der Waals surface area (Å²) in [5.41, 5.74) is 6.25. The molecule has 0 amide bonds. The number of carbonyl (C=O) groups excluding carboxylic acids is 3. The smallest absolute Gasteiger partial charge is 0.539 e. The van der Waals surface area contributed by atoms with Crippen LogP contribution in [0.3, 0.4) is 0 Å². The number of rotatable bonds is 3. The van der Waals surface area contributed by atoms with E-state index in [2.05, 4.69) is 77.3 Å². The van der Waals surface area contributed by atoms with Crippen LogP contribution in [0.4, 0.5) is 0 Å². The van der Waals surface area contributed by atoms with Gasteiger partial charge in [-0.15, -0.1) is 34.6 Å². The van der Waals surface area contributed by atoms with E-state index in [1.54, 1.807) is 19.3 Å². The largest absolute Gasteiger partial charge is 3.00 e. The van der Waals surface area contributed by atoms with Crippen molar-refractivity contribution in [3.63, 3.8) is 0 Å². The zero-order valence-electron chi connectivity index (χ0n) is 42.6. The van der Waals surface area contributed by atoms with Crippen LogP contribution in [-0.4, -0.2) is 43.7 Å².